The van der Waals surface area contributed by atoms with Crippen LogP contribution in [0.4, 0.5) is 0 Å². The highest BCUT2D eigenvalue weighted by atomic mass is 16.3. The van der Waals surface area contributed by atoms with Crippen molar-refractivity contribution >= 4 is 0 Å². The van der Waals surface area contributed by atoms with Crippen LogP contribution in [0.5, 0.6) is 0 Å². The van der Waals surface area contributed by atoms with Gasteiger partial charge in [0.1, 0.15) is 0 Å². The van der Waals surface area contributed by atoms with E-state index in [1.807, 2.05) is 0 Å². The Hall–Kier alpha value is -0.460. The second kappa shape index (κ2) is 2.88. The number of allylic oxidation sites excluding steroid dienone is 2. The standard InChI is InChI=1S/C10H18O/c1-10(2,3)8-6-4-5-7-9(8)11/h11H,4-7H2,1-3H3. The number of hydrogen-bond acceptors (Lipinski definition) is 1. The van der Waals surface area contributed by atoms with E-state index < -0.39 is 0 Å². The van der Waals surface area contributed by atoms with Gasteiger partial charge in [-0.2, -0.15) is 0 Å². The van der Waals surface area contributed by atoms with Crippen molar-refractivity contribution in [3.8, 4) is 0 Å². The van der Waals surface area contributed by atoms with Crippen LogP contribution in [0.25, 0.3) is 0 Å². The summed E-state index contributed by atoms with van der Waals surface area (Å²) in [6, 6.07) is 0. The summed E-state index contributed by atoms with van der Waals surface area (Å²) >= 11 is 0. The van der Waals surface area contributed by atoms with Crippen molar-refractivity contribution in [2.45, 2.75) is 46.5 Å². The minimum absolute atomic E-state index is 0.171. The molecule has 1 N–H and O–H groups in total. The molecule has 0 heterocycles. The highest BCUT2D eigenvalue weighted by molar-refractivity contribution is 5.17. The van der Waals surface area contributed by atoms with E-state index >= 15 is 0 Å². The van der Waals surface area contributed by atoms with Gasteiger partial charge in [0.15, 0.2) is 0 Å². The smallest absolute Gasteiger partial charge is 0.0919 e. The molecule has 0 atom stereocenters. The van der Waals surface area contributed by atoms with E-state index in [-0.39, 0.29) is 5.41 Å². The average molecular weight is 154 g/mol. The third kappa shape index (κ3) is 1.98. The fourth-order valence-corrected chi connectivity index (χ4v) is 1.70. The molecule has 0 fully saturated rings. The number of aliphatic hydroxyl groups is 1. The molecule has 1 nitrogen and oxygen atoms in total. The van der Waals surface area contributed by atoms with Crippen LogP contribution in [0.2, 0.25) is 0 Å². The lowest BCUT2D eigenvalue weighted by molar-refractivity contribution is 0.323. The summed E-state index contributed by atoms with van der Waals surface area (Å²) < 4.78 is 0. The van der Waals surface area contributed by atoms with Gasteiger partial charge >= 0.3 is 0 Å². The van der Waals surface area contributed by atoms with Gasteiger partial charge in [0.2, 0.25) is 0 Å². The van der Waals surface area contributed by atoms with Crippen molar-refractivity contribution in [3.05, 3.63) is 11.3 Å². The number of rotatable bonds is 0. The van der Waals surface area contributed by atoms with Crippen molar-refractivity contribution in [1.29, 1.82) is 0 Å². The lowest BCUT2D eigenvalue weighted by atomic mass is 9.79. The van der Waals surface area contributed by atoms with Crippen LogP contribution in [0.3, 0.4) is 0 Å². The van der Waals surface area contributed by atoms with E-state index in [0.717, 1.165) is 19.3 Å². The maximum absolute atomic E-state index is 9.58. The Morgan fingerprint density at radius 1 is 1.09 bits per heavy atom. The summed E-state index contributed by atoms with van der Waals surface area (Å²) in [6.45, 7) is 6.51. The molecule has 0 aromatic heterocycles. The molecule has 1 aliphatic rings. The van der Waals surface area contributed by atoms with Crippen molar-refractivity contribution in [3.63, 3.8) is 0 Å². The largest absolute Gasteiger partial charge is 0.512 e. The van der Waals surface area contributed by atoms with Gasteiger partial charge in [-0.3, -0.25) is 0 Å². The second-order valence-corrected chi connectivity index (χ2v) is 4.38. The highest BCUT2D eigenvalue weighted by Gasteiger charge is 2.22. The SMILES string of the molecule is CC(C)(C)C1=C(O)CCCC1. The zero-order valence-electron chi connectivity index (χ0n) is 7.78. The lowest BCUT2D eigenvalue weighted by Gasteiger charge is -2.27. The number of aliphatic hydroxyl groups excluding tert-OH is 1. The third-order valence-electron chi connectivity index (χ3n) is 2.34. The van der Waals surface area contributed by atoms with Crippen LogP contribution >= 0.6 is 0 Å². The molecule has 0 saturated carbocycles. The Morgan fingerprint density at radius 3 is 2.00 bits per heavy atom. The summed E-state index contributed by atoms with van der Waals surface area (Å²) in [7, 11) is 0. The summed E-state index contributed by atoms with van der Waals surface area (Å²) in [5.41, 5.74) is 1.44. The normalized spacial score (nSPS) is 20.6. The van der Waals surface area contributed by atoms with E-state index in [1.165, 1.54) is 12.0 Å². The predicted molar refractivity (Wildman–Crippen MR) is 47.6 cm³/mol. The van der Waals surface area contributed by atoms with Crippen molar-refractivity contribution in [2.24, 2.45) is 5.41 Å². The van der Waals surface area contributed by atoms with Crippen molar-refractivity contribution < 1.29 is 5.11 Å². The molecule has 64 valence electrons. The molecule has 1 rings (SSSR count). The minimum atomic E-state index is 0.171. The zero-order chi connectivity index (χ0) is 8.48. The van der Waals surface area contributed by atoms with Crippen LogP contribution in [-0.2, 0) is 0 Å². The van der Waals surface area contributed by atoms with Crippen molar-refractivity contribution in [2.75, 3.05) is 0 Å². The molecule has 0 spiro atoms. The van der Waals surface area contributed by atoms with Gasteiger partial charge in [0.05, 0.1) is 5.76 Å². The summed E-state index contributed by atoms with van der Waals surface area (Å²) in [6.07, 6.45) is 4.39. The molecule has 0 radical (unpaired) electrons. The van der Waals surface area contributed by atoms with Crippen LogP contribution in [0.1, 0.15) is 46.5 Å². The molecule has 1 heteroatoms. The molecular formula is C10H18O. The van der Waals surface area contributed by atoms with E-state index in [0.29, 0.717) is 5.76 Å². The lowest BCUT2D eigenvalue weighted by Crippen LogP contribution is -2.14. The Kier molecular flexibility index (Phi) is 2.26. The quantitative estimate of drug-likeness (QED) is 0.567. The molecule has 1 aliphatic carbocycles. The van der Waals surface area contributed by atoms with Gasteiger partial charge in [-0.25, -0.2) is 0 Å². The maximum atomic E-state index is 9.58. The third-order valence-corrected chi connectivity index (χ3v) is 2.34. The van der Waals surface area contributed by atoms with Gasteiger partial charge in [-0.1, -0.05) is 20.8 Å². The first kappa shape index (κ1) is 8.63. The topological polar surface area (TPSA) is 20.2 Å². The van der Waals surface area contributed by atoms with E-state index in [4.69, 9.17) is 0 Å². The van der Waals surface area contributed by atoms with E-state index in [2.05, 4.69) is 20.8 Å². The predicted octanol–water partition coefficient (Wildman–Crippen LogP) is 3.42. The molecule has 0 bridgehead atoms. The minimum Gasteiger partial charge on any atom is -0.512 e. The Bertz CT molecular complexity index is 172. The molecule has 0 aliphatic heterocycles. The van der Waals surface area contributed by atoms with Gasteiger partial charge in [0.25, 0.3) is 0 Å². The maximum Gasteiger partial charge on any atom is 0.0919 e. The van der Waals surface area contributed by atoms with E-state index in [1.54, 1.807) is 0 Å². The summed E-state index contributed by atoms with van der Waals surface area (Å²) in [5.74, 6) is 0.656. The fraction of sp³-hybridized carbons (Fsp3) is 0.800. The molecular weight excluding hydrogens is 136 g/mol. The Morgan fingerprint density at radius 2 is 1.64 bits per heavy atom. The molecule has 0 unspecified atom stereocenters. The van der Waals surface area contributed by atoms with Gasteiger partial charge in [0, 0.05) is 6.42 Å². The van der Waals surface area contributed by atoms with Crippen molar-refractivity contribution in [1.82, 2.24) is 0 Å². The first-order chi connectivity index (χ1) is 5.02. The Labute approximate surface area is 69.1 Å². The molecule has 0 saturated heterocycles. The molecule has 11 heavy (non-hydrogen) atoms. The van der Waals surface area contributed by atoms with Gasteiger partial charge in [-0.05, 0) is 30.3 Å². The first-order valence-corrected chi connectivity index (χ1v) is 4.43. The Balaban J connectivity index is 2.83. The summed E-state index contributed by atoms with van der Waals surface area (Å²) in [5, 5.41) is 9.58. The van der Waals surface area contributed by atoms with Gasteiger partial charge in [-0.15, -0.1) is 0 Å². The second-order valence-electron chi connectivity index (χ2n) is 4.38. The van der Waals surface area contributed by atoms with Crippen LogP contribution in [0, 0.1) is 5.41 Å². The van der Waals surface area contributed by atoms with Crippen LogP contribution in [0.15, 0.2) is 11.3 Å². The zero-order valence-corrected chi connectivity index (χ0v) is 7.78. The van der Waals surface area contributed by atoms with E-state index in [9.17, 15) is 5.11 Å². The monoisotopic (exact) mass is 154 g/mol. The molecule has 0 aromatic carbocycles. The fourth-order valence-electron chi connectivity index (χ4n) is 1.70. The summed E-state index contributed by atoms with van der Waals surface area (Å²) in [4.78, 5) is 0. The van der Waals surface area contributed by atoms with Crippen LogP contribution in [-0.4, -0.2) is 5.11 Å². The highest BCUT2D eigenvalue weighted by Crippen LogP contribution is 2.35. The number of hydrogen-bond donors (Lipinski definition) is 1. The average Bonchev–Trinajstić information content (AvgIpc) is 1.86. The molecule has 0 amide bonds. The van der Waals surface area contributed by atoms with Gasteiger partial charge < -0.3 is 5.11 Å². The molecule has 0 aromatic rings. The van der Waals surface area contributed by atoms with Crippen LogP contribution < -0.4 is 0 Å². The first-order valence-electron chi connectivity index (χ1n) is 4.43.